The summed E-state index contributed by atoms with van der Waals surface area (Å²) in [4.78, 5) is 13.1. The number of aryl methyl sites for hydroxylation is 2. The summed E-state index contributed by atoms with van der Waals surface area (Å²) in [5.74, 6) is 0.306. The van der Waals surface area contributed by atoms with E-state index in [0.717, 1.165) is 21.9 Å². The molecular weight excluding hydrogens is 440 g/mol. The number of nitrogens with zero attached hydrogens (tertiary/aromatic N) is 1. The number of benzene rings is 3. The van der Waals surface area contributed by atoms with Crippen LogP contribution in [0.1, 0.15) is 18.1 Å². The Hall–Kier alpha value is -3.52. The summed E-state index contributed by atoms with van der Waals surface area (Å²) >= 11 is 0. The number of carbonyl (C=O) groups is 1. The van der Waals surface area contributed by atoms with Gasteiger partial charge in [0.1, 0.15) is 18.0 Å². The number of methoxy groups -OCH3 is 2. The molecule has 174 valence electrons. The standard InChI is InChI=1S/C25H28N2O5S/c1-5-19-8-6-7-9-22(19)26-25(28)17-27(23-15-12-20(31-3)16-24(23)32-4)33(29,30)21-13-10-18(2)11-14-21/h6-16H,5,17H2,1-4H3,(H,26,28). The highest BCUT2D eigenvalue weighted by atomic mass is 32.2. The molecule has 3 aromatic rings. The first-order valence-corrected chi connectivity index (χ1v) is 11.9. The molecule has 0 heterocycles. The highest BCUT2D eigenvalue weighted by Crippen LogP contribution is 2.35. The van der Waals surface area contributed by atoms with Gasteiger partial charge in [-0.25, -0.2) is 8.42 Å². The van der Waals surface area contributed by atoms with Gasteiger partial charge in [-0.1, -0.05) is 42.8 Å². The van der Waals surface area contributed by atoms with Crippen LogP contribution in [0.25, 0.3) is 0 Å². The Morgan fingerprint density at radius 1 is 0.970 bits per heavy atom. The molecule has 8 heteroatoms. The lowest BCUT2D eigenvalue weighted by atomic mass is 10.1. The molecule has 0 saturated heterocycles. The number of carbonyl (C=O) groups excluding carboxylic acids is 1. The fourth-order valence-electron chi connectivity index (χ4n) is 3.40. The van der Waals surface area contributed by atoms with Crippen LogP contribution in [0, 0.1) is 6.92 Å². The second kappa shape index (κ2) is 10.4. The van der Waals surface area contributed by atoms with Gasteiger partial charge < -0.3 is 14.8 Å². The predicted octanol–water partition coefficient (Wildman–Crippen LogP) is 4.41. The molecular formula is C25H28N2O5S. The number of rotatable bonds is 9. The summed E-state index contributed by atoms with van der Waals surface area (Å²) in [6.45, 7) is 3.43. The molecule has 1 N–H and O–H groups in total. The molecule has 0 aliphatic heterocycles. The summed E-state index contributed by atoms with van der Waals surface area (Å²) in [6.07, 6.45) is 0.730. The van der Waals surface area contributed by atoms with Crippen molar-refractivity contribution < 1.29 is 22.7 Å². The van der Waals surface area contributed by atoms with Crippen LogP contribution in [0.5, 0.6) is 11.5 Å². The molecule has 0 atom stereocenters. The Morgan fingerprint density at radius 3 is 2.30 bits per heavy atom. The van der Waals surface area contributed by atoms with Gasteiger partial charge in [0.15, 0.2) is 0 Å². The van der Waals surface area contributed by atoms with E-state index in [2.05, 4.69) is 5.32 Å². The molecule has 3 aromatic carbocycles. The summed E-state index contributed by atoms with van der Waals surface area (Å²) in [5.41, 5.74) is 2.77. The van der Waals surface area contributed by atoms with Crippen molar-refractivity contribution in [3.8, 4) is 11.5 Å². The van der Waals surface area contributed by atoms with Crippen molar-refractivity contribution in [2.45, 2.75) is 25.2 Å². The van der Waals surface area contributed by atoms with E-state index in [0.29, 0.717) is 11.4 Å². The lowest BCUT2D eigenvalue weighted by Crippen LogP contribution is -2.38. The number of amides is 1. The zero-order chi connectivity index (χ0) is 24.0. The average molecular weight is 469 g/mol. The molecule has 0 aliphatic rings. The minimum atomic E-state index is -4.07. The number of hydrogen-bond acceptors (Lipinski definition) is 5. The topological polar surface area (TPSA) is 84.9 Å². The highest BCUT2D eigenvalue weighted by molar-refractivity contribution is 7.92. The van der Waals surface area contributed by atoms with Crippen molar-refractivity contribution in [1.82, 2.24) is 0 Å². The van der Waals surface area contributed by atoms with Crippen molar-refractivity contribution in [3.05, 3.63) is 77.9 Å². The Balaban J connectivity index is 2.04. The summed E-state index contributed by atoms with van der Waals surface area (Å²) in [7, 11) is -1.13. The van der Waals surface area contributed by atoms with Gasteiger partial charge >= 0.3 is 0 Å². The predicted molar refractivity (Wildman–Crippen MR) is 130 cm³/mol. The number of ether oxygens (including phenoxy) is 2. The number of para-hydroxylation sites is 1. The van der Waals surface area contributed by atoms with Crippen LogP contribution < -0.4 is 19.1 Å². The minimum absolute atomic E-state index is 0.0766. The third-order valence-corrected chi connectivity index (χ3v) is 7.00. The lowest BCUT2D eigenvalue weighted by molar-refractivity contribution is -0.114. The zero-order valence-electron chi connectivity index (χ0n) is 19.2. The first-order valence-electron chi connectivity index (χ1n) is 10.5. The highest BCUT2D eigenvalue weighted by Gasteiger charge is 2.30. The van der Waals surface area contributed by atoms with E-state index in [9.17, 15) is 13.2 Å². The second-order valence-electron chi connectivity index (χ2n) is 7.42. The van der Waals surface area contributed by atoms with E-state index in [1.54, 1.807) is 36.4 Å². The Morgan fingerprint density at radius 2 is 1.67 bits per heavy atom. The van der Waals surface area contributed by atoms with Crippen LogP contribution in [-0.4, -0.2) is 35.1 Å². The summed E-state index contributed by atoms with van der Waals surface area (Å²) in [5, 5.41) is 2.84. The van der Waals surface area contributed by atoms with Gasteiger partial charge in [-0.2, -0.15) is 0 Å². The van der Waals surface area contributed by atoms with Crippen LogP contribution in [0.15, 0.2) is 71.6 Å². The minimum Gasteiger partial charge on any atom is -0.497 e. The van der Waals surface area contributed by atoms with Crippen molar-refractivity contribution in [2.75, 3.05) is 30.4 Å². The maximum atomic E-state index is 13.6. The SMILES string of the molecule is CCc1ccccc1NC(=O)CN(c1ccc(OC)cc1OC)S(=O)(=O)c1ccc(C)cc1. The van der Waals surface area contributed by atoms with Crippen LogP contribution >= 0.6 is 0 Å². The molecule has 33 heavy (non-hydrogen) atoms. The fourth-order valence-corrected chi connectivity index (χ4v) is 4.83. The number of anilines is 2. The molecule has 0 radical (unpaired) electrons. The van der Waals surface area contributed by atoms with Crippen LogP contribution in [0.2, 0.25) is 0 Å². The van der Waals surface area contributed by atoms with Crippen LogP contribution in [0.4, 0.5) is 11.4 Å². The number of hydrogen-bond donors (Lipinski definition) is 1. The van der Waals surface area contributed by atoms with Gasteiger partial charge in [-0.3, -0.25) is 9.10 Å². The van der Waals surface area contributed by atoms with Gasteiger partial charge in [0.05, 0.1) is 24.8 Å². The van der Waals surface area contributed by atoms with E-state index in [-0.39, 0.29) is 16.3 Å². The molecule has 0 aromatic heterocycles. The molecule has 7 nitrogen and oxygen atoms in total. The van der Waals surface area contributed by atoms with Crippen molar-refractivity contribution in [2.24, 2.45) is 0 Å². The number of sulfonamides is 1. The maximum absolute atomic E-state index is 13.6. The van der Waals surface area contributed by atoms with Crippen molar-refractivity contribution >= 4 is 27.3 Å². The second-order valence-corrected chi connectivity index (χ2v) is 9.28. The van der Waals surface area contributed by atoms with E-state index >= 15 is 0 Å². The van der Waals surface area contributed by atoms with Gasteiger partial charge in [-0.05, 0) is 49.2 Å². The Labute approximate surface area is 195 Å². The molecule has 3 rings (SSSR count). The van der Waals surface area contributed by atoms with Gasteiger partial charge in [0.25, 0.3) is 10.0 Å². The molecule has 0 spiro atoms. The maximum Gasteiger partial charge on any atom is 0.264 e. The first kappa shape index (κ1) is 24.1. The molecule has 0 fully saturated rings. The lowest BCUT2D eigenvalue weighted by Gasteiger charge is -2.26. The Kier molecular flexibility index (Phi) is 7.60. The smallest absolute Gasteiger partial charge is 0.264 e. The van der Waals surface area contributed by atoms with E-state index in [4.69, 9.17) is 9.47 Å². The van der Waals surface area contributed by atoms with Crippen molar-refractivity contribution in [1.29, 1.82) is 0 Å². The van der Waals surface area contributed by atoms with E-state index in [1.807, 2.05) is 32.0 Å². The fraction of sp³-hybridized carbons (Fsp3) is 0.240. The normalized spacial score (nSPS) is 11.0. The quantitative estimate of drug-likeness (QED) is 0.503. The van der Waals surface area contributed by atoms with Gasteiger partial charge in [0.2, 0.25) is 5.91 Å². The summed E-state index contributed by atoms with van der Waals surface area (Å²) in [6, 6.07) is 18.7. The van der Waals surface area contributed by atoms with Crippen molar-refractivity contribution in [3.63, 3.8) is 0 Å². The third-order valence-electron chi connectivity index (χ3n) is 5.22. The third kappa shape index (κ3) is 5.46. The molecule has 0 aliphatic carbocycles. The largest absolute Gasteiger partial charge is 0.497 e. The zero-order valence-corrected chi connectivity index (χ0v) is 20.0. The first-order chi connectivity index (χ1) is 15.8. The van der Waals surface area contributed by atoms with Crippen LogP contribution in [-0.2, 0) is 21.2 Å². The number of nitrogens with one attached hydrogen (secondary N) is 1. The van der Waals surface area contributed by atoms with Gasteiger partial charge in [0, 0.05) is 11.8 Å². The van der Waals surface area contributed by atoms with E-state index in [1.165, 1.54) is 26.4 Å². The molecule has 0 saturated carbocycles. The Bertz CT molecular complexity index is 1220. The average Bonchev–Trinajstić information content (AvgIpc) is 2.82. The molecule has 0 unspecified atom stereocenters. The monoisotopic (exact) mass is 468 g/mol. The summed E-state index contributed by atoms with van der Waals surface area (Å²) < 4.78 is 39.0. The van der Waals surface area contributed by atoms with Crippen LogP contribution in [0.3, 0.4) is 0 Å². The molecule has 0 bridgehead atoms. The molecule has 1 amide bonds. The van der Waals surface area contributed by atoms with E-state index < -0.39 is 22.5 Å². The van der Waals surface area contributed by atoms with Gasteiger partial charge in [-0.15, -0.1) is 0 Å².